The van der Waals surface area contributed by atoms with Crippen LogP contribution in [0.1, 0.15) is 17.3 Å². The predicted molar refractivity (Wildman–Crippen MR) is 103 cm³/mol. The first-order valence-corrected chi connectivity index (χ1v) is 8.31. The van der Waals surface area contributed by atoms with Crippen molar-refractivity contribution in [2.24, 2.45) is 0 Å². The van der Waals surface area contributed by atoms with Gasteiger partial charge in [-0.05, 0) is 37.3 Å². The monoisotopic (exact) mass is 331 g/mol. The number of nitrogens with zero attached hydrogens (tertiary/aromatic N) is 3. The lowest BCUT2D eigenvalue weighted by molar-refractivity contribution is 0.0988. The molecule has 0 saturated carbocycles. The molecule has 3 aromatic rings. The van der Waals surface area contributed by atoms with Gasteiger partial charge in [-0.15, -0.1) is 0 Å². The lowest BCUT2D eigenvalue weighted by Crippen LogP contribution is -2.30. The molecule has 0 bridgehead atoms. The molecule has 3 rings (SSSR count). The van der Waals surface area contributed by atoms with Crippen LogP contribution in [0.2, 0.25) is 0 Å². The van der Waals surface area contributed by atoms with Gasteiger partial charge in [0, 0.05) is 31.2 Å². The molecule has 0 radical (unpaired) electrons. The molecule has 0 unspecified atom stereocenters. The minimum atomic E-state index is -0.0514. The molecule has 0 aliphatic rings. The van der Waals surface area contributed by atoms with Gasteiger partial charge in [-0.1, -0.05) is 36.4 Å². The Morgan fingerprint density at radius 3 is 2.08 bits per heavy atom. The van der Waals surface area contributed by atoms with Gasteiger partial charge in [0.15, 0.2) is 0 Å². The molecule has 0 aliphatic heterocycles. The lowest BCUT2D eigenvalue weighted by atomic mass is 10.2. The number of carbonyl (C=O) groups is 1. The van der Waals surface area contributed by atoms with Crippen molar-refractivity contribution in [2.75, 3.05) is 23.4 Å². The molecule has 0 spiro atoms. The van der Waals surface area contributed by atoms with Crippen LogP contribution in [0.15, 0.2) is 79.1 Å². The van der Waals surface area contributed by atoms with Crippen LogP contribution in [0.25, 0.3) is 0 Å². The van der Waals surface area contributed by atoms with Crippen molar-refractivity contribution in [1.82, 2.24) is 4.98 Å². The third-order valence-corrected chi connectivity index (χ3v) is 4.13. The fraction of sp³-hybridized carbons (Fsp3) is 0.143. The molecule has 25 heavy (non-hydrogen) atoms. The molecule has 0 N–H and O–H groups in total. The van der Waals surface area contributed by atoms with Crippen LogP contribution in [-0.2, 0) is 0 Å². The Labute approximate surface area is 148 Å². The van der Waals surface area contributed by atoms with Gasteiger partial charge in [-0.2, -0.15) is 0 Å². The molecule has 1 aromatic heterocycles. The molecule has 126 valence electrons. The second-order valence-electron chi connectivity index (χ2n) is 5.71. The second-order valence-corrected chi connectivity index (χ2v) is 5.71. The zero-order valence-corrected chi connectivity index (χ0v) is 14.5. The van der Waals surface area contributed by atoms with Gasteiger partial charge in [0.2, 0.25) is 0 Å². The highest BCUT2D eigenvalue weighted by Gasteiger charge is 2.17. The van der Waals surface area contributed by atoms with Crippen molar-refractivity contribution in [3.05, 3.63) is 84.7 Å². The van der Waals surface area contributed by atoms with Gasteiger partial charge in [0.1, 0.15) is 0 Å². The molecule has 4 nitrogen and oxygen atoms in total. The van der Waals surface area contributed by atoms with Gasteiger partial charge in [-0.25, -0.2) is 0 Å². The zero-order chi connectivity index (χ0) is 17.6. The fourth-order valence-corrected chi connectivity index (χ4v) is 2.74. The van der Waals surface area contributed by atoms with E-state index < -0.39 is 0 Å². The van der Waals surface area contributed by atoms with E-state index in [1.54, 1.807) is 17.3 Å². The number of rotatable bonds is 5. The maximum Gasteiger partial charge on any atom is 0.259 e. The number of benzene rings is 2. The molecule has 1 heterocycles. The van der Waals surface area contributed by atoms with Crippen LogP contribution in [-0.4, -0.2) is 24.5 Å². The Hall–Kier alpha value is -3.14. The maximum atomic E-state index is 13.0. The van der Waals surface area contributed by atoms with Gasteiger partial charge < -0.3 is 9.80 Å². The molecule has 0 aliphatic carbocycles. The van der Waals surface area contributed by atoms with Crippen LogP contribution in [0.3, 0.4) is 0 Å². The molecular formula is C21H21N3O. The van der Waals surface area contributed by atoms with Crippen molar-refractivity contribution >= 4 is 23.0 Å². The number of hydrogen-bond acceptors (Lipinski definition) is 3. The first-order chi connectivity index (χ1) is 12.2. The SMILES string of the molecule is CCN(C(=O)c1cncc(N(C)c2ccccc2)c1)c1ccccc1. The minimum absolute atomic E-state index is 0.0514. The summed E-state index contributed by atoms with van der Waals surface area (Å²) in [6.45, 7) is 2.57. The fourth-order valence-electron chi connectivity index (χ4n) is 2.74. The van der Waals surface area contributed by atoms with Crippen molar-refractivity contribution in [3.63, 3.8) is 0 Å². The Morgan fingerprint density at radius 2 is 1.48 bits per heavy atom. The Morgan fingerprint density at radius 1 is 0.880 bits per heavy atom. The topological polar surface area (TPSA) is 36.4 Å². The average molecular weight is 331 g/mol. The second kappa shape index (κ2) is 7.62. The number of anilines is 3. The highest BCUT2D eigenvalue weighted by Crippen LogP contribution is 2.24. The maximum absolute atomic E-state index is 13.0. The van der Waals surface area contributed by atoms with E-state index in [0.717, 1.165) is 17.1 Å². The third kappa shape index (κ3) is 3.69. The van der Waals surface area contributed by atoms with E-state index in [-0.39, 0.29) is 5.91 Å². The van der Waals surface area contributed by atoms with Crippen LogP contribution in [0, 0.1) is 0 Å². The van der Waals surface area contributed by atoms with E-state index in [9.17, 15) is 4.79 Å². The van der Waals surface area contributed by atoms with Crippen molar-refractivity contribution in [2.45, 2.75) is 6.92 Å². The summed E-state index contributed by atoms with van der Waals surface area (Å²) in [5.74, 6) is -0.0514. The number of aromatic nitrogens is 1. The van der Waals surface area contributed by atoms with Gasteiger partial charge in [-0.3, -0.25) is 9.78 Å². The first kappa shape index (κ1) is 16.7. The number of para-hydroxylation sites is 2. The van der Waals surface area contributed by atoms with Crippen LogP contribution < -0.4 is 9.80 Å². The van der Waals surface area contributed by atoms with E-state index in [4.69, 9.17) is 0 Å². The van der Waals surface area contributed by atoms with Crippen molar-refractivity contribution in [3.8, 4) is 0 Å². The smallest absolute Gasteiger partial charge is 0.259 e. The van der Waals surface area contributed by atoms with Gasteiger partial charge >= 0.3 is 0 Å². The summed E-state index contributed by atoms with van der Waals surface area (Å²) in [6, 6.07) is 21.6. The Bertz CT molecular complexity index is 834. The summed E-state index contributed by atoms with van der Waals surface area (Å²) >= 11 is 0. The van der Waals surface area contributed by atoms with Crippen LogP contribution >= 0.6 is 0 Å². The highest BCUT2D eigenvalue weighted by molar-refractivity contribution is 6.06. The number of carbonyl (C=O) groups excluding carboxylic acids is 1. The molecule has 0 fully saturated rings. The summed E-state index contributed by atoms with van der Waals surface area (Å²) in [5, 5.41) is 0. The van der Waals surface area contributed by atoms with Crippen LogP contribution in [0.5, 0.6) is 0 Å². The lowest BCUT2D eigenvalue weighted by Gasteiger charge is -2.23. The van der Waals surface area contributed by atoms with E-state index >= 15 is 0 Å². The number of pyridine rings is 1. The summed E-state index contributed by atoms with van der Waals surface area (Å²) in [7, 11) is 1.97. The minimum Gasteiger partial charge on any atom is -0.343 e. The van der Waals surface area contributed by atoms with Gasteiger partial charge in [0.05, 0.1) is 17.4 Å². The molecule has 2 aromatic carbocycles. The van der Waals surface area contributed by atoms with Crippen molar-refractivity contribution in [1.29, 1.82) is 0 Å². The molecular weight excluding hydrogens is 310 g/mol. The predicted octanol–water partition coefficient (Wildman–Crippen LogP) is 4.52. The first-order valence-electron chi connectivity index (χ1n) is 8.31. The summed E-state index contributed by atoms with van der Waals surface area (Å²) in [6.07, 6.45) is 3.39. The molecule has 1 amide bonds. The normalized spacial score (nSPS) is 10.3. The molecule has 0 saturated heterocycles. The summed E-state index contributed by atoms with van der Waals surface area (Å²) < 4.78 is 0. The summed E-state index contributed by atoms with van der Waals surface area (Å²) in [5.41, 5.74) is 3.38. The average Bonchev–Trinajstić information content (AvgIpc) is 2.69. The van der Waals surface area contributed by atoms with Crippen LogP contribution in [0.4, 0.5) is 17.1 Å². The Balaban J connectivity index is 1.89. The number of amides is 1. The van der Waals surface area contributed by atoms with E-state index in [2.05, 4.69) is 4.98 Å². The highest BCUT2D eigenvalue weighted by atomic mass is 16.2. The standard InChI is InChI=1S/C21H21N3O/c1-3-24(19-12-8-5-9-13-19)21(25)17-14-20(16-22-15-17)23(2)18-10-6-4-7-11-18/h4-16H,3H2,1-2H3. The number of hydrogen-bond donors (Lipinski definition) is 0. The largest absolute Gasteiger partial charge is 0.343 e. The quantitative estimate of drug-likeness (QED) is 0.690. The molecule has 0 atom stereocenters. The van der Waals surface area contributed by atoms with E-state index in [1.165, 1.54) is 0 Å². The van der Waals surface area contributed by atoms with Crippen molar-refractivity contribution < 1.29 is 4.79 Å². The van der Waals surface area contributed by atoms with E-state index in [1.807, 2.05) is 85.6 Å². The Kier molecular flexibility index (Phi) is 5.09. The molecule has 4 heteroatoms. The zero-order valence-electron chi connectivity index (χ0n) is 14.5. The van der Waals surface area contributed by atoms with Gasteiger partial charge in [0.25, 0.3) is 5.91 Å². The van der Waals surface area contributed by atoms with E-state index in [0.29, 0.717) is 12.1 Å². The third-order valence-electron chi connectivity index (χ3n) is 4.13. The summed E-state index contributed by atoms with van der Waals surface area (Å²) in [4.78, 5) is 21.0.